The van der Waals surface area contributed by atoms with Crippen LogP contribution in [0.15, 0.2) is 95.3 Å². The van der Waals surface area contributed by atoms with Crippen molar-refractivity contribution in [2.24, 2.45) is 0 Å². The highest BCUT2D eigenvalue weighted by atomic mass is 35.5. The van der Waals surface area contributed by atoms with Gasteiger partial charge in [-0.05, 0) is 49.6 Å². The van der Waals surface area contributed by atoms with Crippen molar-refractivity contribution in [3.05, 3.63) is 117 Å². The van der Waals surface area contributed by atoms with Crippen LogP contribution in [0.1, 0.15) is 35.2 Å². The Balaban J connectivity index is 1.46. The summed E-state index contributed by atoms with van der Waals surface area (Å²) in [6, 6.07) is 23.3. The summed E-state index contributed by atoms with van der Waals surface area (Å²) in [6.07, 6.45) is 4.01. The Labute approximate surface area is 231 Å². The fourth-order valence-electron chi connectivity index (χ4n) is 4.37. The largest absolute Gasteiger partial charge is 0.328 e. The van der Waals surface area contributed by atoms with E-state index in [9.17, 15) is 4.79 Å². The topological polar surface area (TPSA) is 71.8 Å². The Morgan fingerprint density at radius 3 is 2.61 bits per heavy atom. The maximum atomic E-state index is 13.7. The molecule has 0 spiro atoms. The van der Waals surface area contributed by atoms with Crippen molar-refractivity contribution < 1.29 is 4.79 Å². The highest BCUT2D eigenvalue weighted by Crippen LogP contribution is 2.35. The van der Waals surface area contributed by atoms with Crippen LogP contribution in [-0.4, -0.2) is 20.7 Å². The molecule has 4 aromatic rings. The van der Waals surface area contributed by atoms with E-state index in [1.54, 1.807) is 4.68 Å². The minimum absolute atomic E-state index is 0.184. The SMILES string of the molecule is CC1=C(C(=O)Nc2ccc(C)cc2C)C(/C=C/c2ccccc2)n2nc(SCc3ccccc3Cl)nc2N1. The first kappa shape index (κ1) is 25.8. The number of nitrogens with one attached hydrogen (secondary N) is 2. The third-order valence-corrected chi connectivity index (χ3v) is 7.59. The molecule has 1 aliphatic heterocycles. The van der Waals surface area contributed by atoms with Gasteiger partial charge in [0.25, 0.3) is 5.91 Å². The number of thioether (sulfide) groups is 1. The van der Waals surface area contributed by atoms with E-state index in [0.29, 0.717) is 27.5 Å². The molecule has 38 heavy (non-hydrogen) atoms. The zero-order valence-electron chi connectivity index (χ0n) is 21.4. The second kappa shape index (κ2) is 11.3. The zero-order chi connectivity index (χ0) is 26.6. The number of anilines is 2. The summed E-state index contributed by atoms with van der Waals surface area (Å²) in [5.74, 6) is 1.05. The molecule has 0 saturated carbocycles. The number of hydrogen-bond acceptors (Lipinski definition) is 5. The smallest absolute Gasteiger partial charge is 0.255 e. The molecule has 1 aliphatic rings. The average Bonchev–Trinajstić information content (AvgIpc) is 3.31. The molecule has 2 N–H and O–H groups in total. The molecule has 192 valence electrons. The molecule has 1 aromatic heterocycles. The van der Waals surface area contributed by atoms with Crippen molar-refractivity contribution in [2.75, 3.05) is 10.6 Å². The van der Waals surface area contributed by atoms with Gasteiger partial charge < -0.3 is 10.6 Å². The Bertz CT molecular complexity index is 1540. The van der Waals surface area contributed by atoms with Gasteiger partial charge >= 0.3 is 0 Å². The molecule has 1 atom stereocenters. The number of nitrogens with zero attached hydrogens (tertiary/aromatic N) is 3. The highest BCUT2D eigenvalue weighted by molar-refractivity contribution is 7.98. The summed E-state index contributed by atoms with van der Waals surface area (Å²) >= 11 is 7.85. The Morgan fingerprint density at radius 2 is 1.84 bits per heavy atom. The molecule has 0 saturated heterocycles. The Morgan fingerprint density at radius 1 is 1.08 bits per heavy atom. The van der Waals surface area contributed by atoms with E-state index in [2.05, 4.69) is 16.7 Å². The van der Waals surface area contributed by atoms with E-state index in [0.717, 1.165) is 33.6 Å². The fraction of sp³-hybridized carbons (Fsp3) is 0.167. The van der Waals surface area contributed by atoms with E-state index in [4.69, 9.17) is 21.7 Å². The zero-order valence-corrected chi connectivity index (χ0v) is 23.0. The predicted molar refractivity (Wildman–Crippen MR) is 156 cm³/mol. The van der Waals surface area contributed by atoms with Crippen LogP contribution in [0.25, 0.3) is 6.08 Å². The lowest BCUT2D eigenvalue weighted by molar-refractivity contribution is -0.113. The lowest BCUT2D eigenvalue weighted by Crippen LogP contribution is -2.30. The van der Waals surface area contributed by atoms with Crippen LogP contribution >= 0.6 is 23.4 Å². The van der Waals surface area contributed by atoms with Gasteiger partial charge in [-0.25, -0.2) is 4.68 Å². The van der Waals surface area contributed by atoms with Gasteiger partial charge in [0.2, 0.25) is 11.1 Å². The standard InChI is InChI=1S/C30H28ClN5OS/c1-19-13-15-25(20(2)17-19)33-28(37)27-21(3)32-29-34-30(38-18-23-11-7-8-12-24(23)31)35-36(29)26(27)16-14-22-9-5-4-6-10-22/h4-17,26H,18H2,1-3H3,(H,33,37)(H,32,34,35)/b16-14+. The quantitative estimate of drug-likeness (QED) is 0.238. The summed E-state index contributed by atoms with van der Waals surface area (Å²) in [5, 5.41) is 12.5. The van der Waals surface area contributed by atoms with Crippen LogP contribution in [0.4, 0.5) is 11.6 Å². The van der Waals surface area contributed by atoms with E-state index in [1.807, 2.05) is 99.7 Å². The molecule has 1 amide bonds. The number of rotatable bonds is 7. The van der Waals surface area contributed by atoms with Crippen molar-refractivity contribution >= 4 is 47.0 Å². The van der Waals surface area contributed by atoms with E-state index >= 15 is 0 Å². The summed E-state index contributed by atoms with van der Waals surface area (Å²) in [6.45, 7) is 5.93. The van der Waals surface area contributed by atoms with Crippen LogP contribution in [0.5, 0.6) is 0 Å². The first-order valence-electron chi connectivity index (χ1n) is 12.3. The van der Waals surface area contributed by atoms with Crippen LogP contribution in [0.2, 0.25) is 5.02 Å². The number of hydrogen-bond donors (Lipinski definition) is 2. The second-order valence-corrected chi connectivity index (χ2v) is 10.5. The molecule has 3 aromatic carbocycles. The maximum absolute atomic E-state index is 13.7. The molecular formula is C30H28ClN5OS. The summed E-state index contributed by atoms with van der Waals surface area (Å²) in [5.41, 5.74) is 6.31. The van der Waals surface area contributed by atoms with Gasteiger partial charge in [-0.2, -0.15) is 4.98 Å². The number of allylic oxidation sites excluding steroid dienone is 2. The van der Waals surface area contributed by atoms with Crippen molar-refractivity contribution in [3.63, 3.8) is 0 Å². The van der Waals surface area contributed by atoms with Crippen molar-refractivity contribution in [1.29, 1.82) is 0 Å². The Kier molecular flexibility index (Phi) is 7.67. The fourth-order valence-corrected chi connectivity index (χ4v) is 5.49. The third-order valence-electron chi connectivity index (χ3n) is 6.33. The number of fused-ring (bicyclic) bond motifs is 1. The van der Waals surface area contributed by atoms with Crippen LogP contribution in [0.3, 0.4) is 0 Å². The number of amides is 1. The third kappa shape index (κ3) is 5.69. The van der Waals surface area contributed by atoms with Gasteiger partial charge in [-0.3, -0.25) is 4.79 Å². The number of aromatic nitrogens is 3. The van der Waals surface area contributed by atoms with Crippen molar-refractivity contribution in [3.8, 4) is 0 Å². The van der Waals surface area contributed by atoms with Crippen LogP contribution in [-0.2, 0) is 10.5 Å². The molecule has 0 aliphatic carbocycles. The number of carbonyl (C=O) groups is 1. The molecule has 8 heteroatoms. The molecule has 0 fully saturated rings. The first-order chi connectivity index (χ1) is 18.4. The van der Waals surface area contributed by atoms with Crippen molar-refractivity contribution in [1.82, 2.24) is 14.8 Å². The summed E-state index contributed by atoms with van der Waals surface area (Å²) in [4.78, 5) is 18.4. The second-order valence-electron chi connectivity index (χ2n) is 9.19. The normalized spacial score (nSPS) is 14.9. The number of benzene rings is 3. The monoisotopic (exact) mass is 541 g/mol. The molecule has 0 bridgehead atoms. The molecule has 5 rings (SSSR count). The van der Waals surface area contributed by atoms with Crippen LogP contribution in [0, 0.1) is 13.8 Å². The molecule has 6 nitrogen and oxygen atoms in total. The Hall–Kier alpha value is -3.81. The molecule has 0 radical (unpaired) electrons. The van der Waals surface area contributed by atoms with E-state index in [1.165, 1.54) is 11.8 Å². The van der Waals surface area contributed by atoms with Crippen molar-refractivity contribution in [2.45, 2.75) is 37.7 Å². The lowest BCUT2D eigenvalue weighted by Gasteiger charge is -2.26. The van der Waals surface area contributed by atoms with Gasteiger partial charge in [0, 0.05) is 22.2 Å². The number of aryl methyl sites for hydroxylation is 2. The molecule has 2 heterocycles. The van der Waals surface area contributed by atoms with E-state index < -0.39 is 6.04 Å². The highest BCUT2D eigenvalue weighted by Gasteiger charge is 2.32. The van der Waals surface area contributed by atoms with Gasteiger partial charge in [0.15, 0.2) is 0 Å². The van der Waals surface area contributed by atoms with Gasteiger partial charge in [0.1, 0.15) is 6.04 Å². The molecule has 1 unspecified atom stereocenters. The minimum Gasteiger partial charge on any atom is -0.328 e. The first-order valence-corrected chi connectivity index (χ1v) is 13.7. The van der Waals surface area contributed by atoms with Gasteiger partial charge in [-0.1, -0.05) is 102 Å². The summed E-state index contributed by atoms with van der Waals surface area (Å²) < 4.78 is 1.78. The average molecular weight is 542 g/mol. The lowest BCUT2D eigenvalue weighted by atomic mass is 10.0. The number of halogens is 1. The van der Waals surface area contributed by atoms with Gasteiger partial charge in [0.05, 0.1) is 5.57 Å². The number of carbonyl (C=O) groups excluding carboxylic acids is 1. The predicted octanol–water partition coefficient (Wildman–Crippen LogP) is 7.43. The van der Waals surface area contributed by atoms with Crippen LogP contribution < -0.4 is 10.6 Å². The van der Waals surface area contributed by atoms with Gasteiger partial charge in [-0.15, -0.1) is 5.10 Å². The minimum atomic E-state index is -0.445. The van der Waals surface area contributed by atoms with E-state index in [-0.39, 0.29) is 5.91 Å². The molecular weight excluding hydrogens is 514 g/mol. The maximum Gasteiger partial charge on any atom is 0.255 e. The summed E-state index contributed by atoms with van der Waals surface area (Å²) in [7, 11) is 0.